The Labute approximate surface area is 48.3 Å². The molecule has 0 spiro atoms. The zero-order valence-corrected chi connectivity index (χ0v) is 5.12. The lowest BCUT2D eigenvalue weighted by Gasteiger charge is -1.96. The van der Waals surface area contributed by atoms with E-state index in [-0.39, 0.29) is 5.97 Å². The predicted octanol–water partition coefficient (Wildman–Crippen LogP) is 0.745. The number of hydrogen-bond donors (Lipinski definition) is 0. The van der Waals surface area contributed by atoms with Gasteiger partial charge in [0.15, 0.2) is 0 Å². The van der Waals surface area contributed by atoms with Crippen LogP contribution in [0.3, 0.4) is 0 Å². The van der Waals surface area contributed by atoms with Crippen LogP contribution in [0.25, 0.3) is 0 Å². The molecule has 0 amide bonds. The topological polar surface area (TPSA) is 26.3 Å². The standard InChI is InChI=1S/C4H7O2S/c1-3(7)4(5)6-2/h3H,1-2H3. The first-order chi connectivity index (χ1) is 3.18. The molecule has 1 unspecified atom stereocenters. The molecule has 2 nitrogen and oxygen atoms in total. The van der Waals surface area contributed by atoms with Crippen molar-refractivity contribution in [3.05, 3.63) is 0 Å². The third kappa shape index (κ3) is 2.51. The van der Waals surface area contributed by atoms with Gasteiger partial charge in [0.2, 0.25) is 0 Å². The Morgan fingerprint density at radius 3 is 2.29 bits per heavy atom. The van der Waals surface area contributed by atoms with E-state index in [4.69, 9.17) is 0 Å². The zero-order chi connectivity index (χ0) is 5.86. The maximum absolute atomic E-state index is 10.2. The van der Waals surface area contributed by atoms with Crippen LogP contribution in [-0.4, -0.2) is 18.3 Å². The van der Waals surface area contributed by atoms with E-state index in [1.54, 1.807) is 6.92 Å². The monoisotopic (exact) mass is 119 g/mol. The van der Waals surface area contributed by atoms with E-state index < -0.39 is 5.25 Å². The van der Waals surface area contributed by atoms with Crippen LogP contribution >= 0.6 is 12.6 Å². The first kappa shape index (κ1) is 6.82. The highest BCUT2D eigenvalue weighted by molar-refractivity contribution is 7.81. The number of ether oxygens (including phenoxy) is 1. The number of esters is 1. The maximum Gasteiger partial charge on any atom is 0.319 e. The van der Waals surface area contributed by atoms with Gasteiger partial charge in [-0.1, -0.05) is 12.6 Å². The summed E-state index contributed by atoms with van der Waals surface area (Å²) in [7, 11) is 1.32. The van der Waals surface area contributed by atoms with Crippen LogP contribution in [0.1, 0.15) is 6.92 Å². The SMILES string of the molecule is COC(=O)C(C)[S]. The fraction of sp³-hybridized carbons (Fsp3) is 0.750. The lowest BCUT2D eigenvalue weighted by atomic mass is 10.5. The van der Waals surface area contributed by atoms with Gasteiger partial charge < -0.3 is 4.74 Å². The smallest absolute Gasteiger partial charge is 0.319 e. The van der Waals surface area contributed by atoms with Gasteiger partial charge in [0, 0.05) is 0 Å². The van der Waals surface area contributed by atoms with E-state index >= 15 is 0 Å². The van der Waals surface area contributed by atoms with Gasteiger partial charge in [-0.05, 0) is 6.92 Å². The van der Waals surface area contributed by atoms with Gasteiger partial charge in [0.1, 0.15) is 5.25 Å². The molecule has 0 aliphatic carbocycles. The first-order valence-corrected chi connectivity index (χ1v) is 2.39. The van der Waals surface area contributed by atoms with E-state index in [0.29, 0.717) is 0 Å². The third-order valence-electron chi connectivity index (χ3n) is 0.533. The molecule has 0 fully saturated rings. The van der Waals surface area contributed by atoms with Crippen LogP contribution in [-0.2, 0) is 9.53 Å². The molecule has 0 saturated heterocycles. The van der Waals surface area contributed by atoms with Gasteiger partial charge >= 0.3 is 5.97 Å². The first-order valence-electron chi connectivity index (χ1n) is 1.92. The minimum Gasteiger partial charge on any atom is -0.468 e. The summed E-state index contributed by atoms with van der Waals surface area (Å²) in [5.74, 6) is -0.338. The Kier molecular flexibility index (Phi) is 2.83. The van der Waals surface area contributed by atoms with Gasteiger partial charge in [-0.25, -0.2) is 0 Å². The molecule has 0 heterocycles. The van der Waals surface area contributed by atoms with Crippen molar-refractivity contribution >= 4 is 18.6 Å². The fourth-order valence-corrected chi connectivity index (χ4v) is 0.262. The highest BCUT2D eigenvalue weighted by atomic mass is 32.1. The van der Waals surface area contributed by atoms with Gasteiger partial charge in [0.25, 0.3) is 0 Å². The Morgan fingerprint density at radius 2 is 2.29 bits per heavy atom. The normalized spacial score (nSPS) is 13.0. The number of carbonyl (C=O) groups excluding carboxylic acids is 1. The molecular formula is C4H7O2S. The molecule has 0 aliphatic heterocycles. The molecule has 0 aliphatic rings. The molecule has 0 N–H and O–H groups in total. The molecule has 0 aromatic rings. The molecule has 0 aromatic carbocycles. The van der Waals surface area contributed by atoms with E-state index in [1.165, 1.54) is 7.11 Å². The summed E-state index contributed by atoms with van der Waals surface area (Å²) in [5.41, 5.74) is 0. The molecule has 7 heavy (non-hydrogen) atoms. The number of carbonyl (C=O) groups is 1. The summed E-state index contributed by atoms with van der Waals surface area (Å²) >= 11 is 4.53. The average Bonchev–Trinajstić information content (AvgIpc) is 1.65. The summed E-state index contributed by atoms with van der Waals surface area (Å²) in [4.78, 5) is 10.2. The summed E-state index contributed by atoms with van der Waals surface area (Å²) in [6.45, 7) is 1.61. The lowest BCUT2D eigenvalue weighted by molar-refractivity contribution is -0.139. The molecule has 1 radical (unpaired) electrons. The van der Waals surface area contributed by atoms with Crippen molar-refractivity contribution in [2.75, 3.05) is 7.11 Å². The van der Waals surface area contributed by atoms with Gasteiger partial charge in [0.05, 0.1) is 7.11 Å². The maximum atomic E-state index is 10.2. The quantitative estimate of drug-likeness (QED) is 0.476. The second-order valence-corrected chi connectivity index (χ2v) is 1.87. The van der Waals surface area contributed by atoms with Crippen molar-refractivity contribution in [1.29, 1.82) is 0 Å². The number of rotatable bonds is 1. The number of hydrogen-bond acceptors (Lipinski definition) is 2. The van der Waals surface area contributed by atoms with Crippen molar-refractivity contribution in [3.8, 4) is 0 Å². The molecule has 0 bridgehead atoms. The van der Waals surface area contributed by atoms with Crippen LogP contribution in [0.5, 0.6) is 0 Å². The van der Waals surface area contributed by atoms with Crippen molar-refractivity contribution < 1.29 is 9.53 Å². The largest absolute Gasteiger partial charge is 0.468 e. The lowest BCUT2D eigenvalue weighted by Crippen LogP contribution is -2.11. The van der Waals surface area contributed by atoms with Gasteiger partial charge in [-0.2, -0.15) is 0 Å². The molecule has 0 aromatic heterocycles. The van der Waals surface area contributed by atoms with Crippen molar-refractivity contribution in [3.63, 3.8) is 0 Å². The van der Waals surface area contributed by atoms with Crippen molar-refractivity contribution in [2.24, 2.45) is 0 Å². The van der Waals surface area contributed by atoms with E-state index in [1.807, 2.05) is 0 Å². The molecule has 0 saturated carbocycles. The van der Waals surface area contributed by atoms with Gasteiger partial charge in [-0.15, -0.1) is 0 Å². The Balaban J connectivity index is 3.35. The predicted molar refractivity (Wildman–Crippen MR) is 29.1 cm³/mol. The third-order valence-corrected chi connectivity index (χ3v) is 0.726. The van der Waals surface area contributed by atoms with Crippen LogP contribution in [0.4, 0.5) is 0 Å². The molecule has 1 atom stereocenters. The van der Waals surface area contributed by atoms with Crippen LogP contribution in [0.2, 0.25) is 0 Å². The number of methoxy groups -OCH3 is 1. The molecule has 0 rings (SSSR count). The summed E-state index contributed by atoms with van der Waals surface area (Å²) < 4.78 is 4.27. The van der Waals surface area contributed by atoms with E-state index in [2.05, 4.69) is 17.4 Å². The summed E-state index contributed by atoms with van der Waals surface area (Å²) in [6.07, 6.45) is 0. The van der Waals surface area contributed by atoms with Crippen LogP contribution in [0.15, 0.2) is 0 Å². The fourth-order valence-electron chi connectivity index (χ4n) is 0.166. The van der Waals surface area contributed by atoms with Crippen molar-refractivity contribution in [1.82, 2.24) is 0 Å². The second-order valence-electron chi connectivity index (χ2n) is 1.17. The average molecular weight is 119 g/mol. The summed E-state index contributed by atoms with van der Waals surface area (Å²) in [6, 6.07) is 0. The van der Waals surface area contributed by atoms with Crippen molar-refractivity contribution in [2.45, 2.75) is 12.2 Å². The minimum atomic E-state index is -0.412. The van der Waals surface area contributed by atoms with Crippen LogP contribution < -0.4 is 0 Å². The Hall–Kier alpha value is -0.180. The minimum absolute atomic E-state index is 0.338. The van der Waals surface area contributed by atoms with E-state index in [0.717, 1.165) is 0 Å². The van der Waals surface area contributed by atoms with Crippen LogP contribution in [0, 0.1) is 0 Å². The zero-order valence-electron chi connectivity index (χ0n) is 4.30. The molecule has 41 valence electrons. The second kappa shape index (κ2) is 2.91. The molecule has 3 heteroatoms. The van der Waals surface area contributed by atoms with Gasteiger partial charge in [-0.3, -0.25) is 4.79 Å². The highest BCUT2D eigenvalue weighted by Gasteiger charge is 2.05. The Morgan fingerprint density at radius 1 is 1.86 bits per heavy atom. The Bertz CT molecular complexity index is 70.1. The highest BCUT2D eigenvalue weighted by Crippen LogP contribution is 1.92. The molecular weight excluding hydrogens is 112 g/mol. The summed E-state index contributed by atoms with van der Waals surface area (Å²) in [5, 5.41) is -0.412. The van der Waals surface area contributed by atoms with E-state index in [9.17, 15) is 4.79 Å².